The Bertz CT molecular complexity index is 823. The minimum Gasteiger partial charge on any atom is -0.357 e. The van der Waals surface area contributed by atoms with E-state index in [9.17, 15) is 4.79 Å². The van der Waals surface area contributed by atoms with E-state index in [1.165, 1.54) is 31.3 Å². The molecule has 142 valence electrons. The zero-order valence-corrected chi connectivity index (χ0v) is 15.5. The molecule has 0 unspecified atom stereocenters. The summed E-state index contributed by atoms with van der Waals surface area (Å²) in [5.41, 5.74) is 2.24. The fourth-order valence-corrected chi connectivity index (χ4v) is 3.65. The van der Waals surface area contributed by atoms with E-state index in [2.05, 4.69) is 31.4 Å². The quantitative estimate of drug-likeness (QED) is 0.788. The van der Waals surface area contributed by atoms with Gasteiger partial charge in [-0.1, -0.05) is 16.8 Å². The summed E-state index contributed by atoms with van der Waals surface area (Å²) in [7, 11) is 0. The van der Waals surface area contributed by atoms with Crippen molar-refractivity contribution in [1.82, 2.24) is 20.4 Å². The number of amides is 1. The van der Waals surface area contributed by atoms with E-state index in [4.69, 9.17) is 4.52 Å². The number of pyridine rings is 1. The Morgan fingerprint density at radius 3 is 2.93 bits per heavy atom. The number of allylic oxidation sites excluding steroid dienone is 1. The second-order valence-electron chi connectivity index (χ2n) is 7.13. The highest BCUT2D eigenvalue weighted by molar-refractivity contribution is 5.89. The molecule has 0 saturated carbocycles. The summed E-state index contributed by atoms with van der Waals surface area (Å²) < 4.78 is 5.17. The zero-order chi connectivity index (χ0) is 18.5. The van der Waals surface area contributed by atoms with E-state index in [-0.39, 0.29) is 11.8 Å². The van der Waals surface area contributed by atoms with Gasteiger partial charge in [0.05, 0.1) is 0 Å². The maximum absolute atomic E-state index is 12.3. The molecular weight excluding hydrogens is 342 g/mol. The molecule has 1 aliphatic heterocycles. The van der Waals surface area contributed by atoms with Crippen LogP contribution in [0.5, 0.6) is 0 Å². The Hall–Kier alpha value is -2.70. The monoisotopic (exact) mass is 367 g/mol. The Balaban J connectivity index is 1.37. The lowest BCUT2D eigenvalue weighted by molar-refractivity contribution is 0.0910. The standard InChI is InChI=1S/C20H25N5O2/c26-19(22-10-8-15-6-2-1-3-7-15)20-23-18(24-27-20)16-9-11-21-17(14-16)25-12-4-5-13-25/h6,9,11,14H,1-5,7-8,10,12-13H2,(H,22,26). The molecule has 2 aromatic rings. The summed E-state index contributed by atoms with van der Waals surface area (Å²) in [4.78, 5) is 23.2. The van der Waals surface area contributed by atoms with E-state index in [1.807, 2.05) is 12.1 Å². The van der Waals surface area contributed by atoms with Gasteiger partial charge in [-0.3, -0.25) is 4.79 Å². The van der Waals surface area contributed by atoms with E-state index >= 15 is 0 Å². The van der Waals surface area contributed by atoms with Gasteiger partial charge in [0.1, 0.15) is 5.82 Å². The average Bonchev–Trinajstić information content (AvgIpc) is 3.41. The maximum Gasteiger partial charge on any atom is 0.316 e. The van der Waals surface area contributed by atoms with Crippen LogP contribution in [0.1, 0.15) is 55.6 Å². The molecule has 1 saturated heterocycles. The Labute approximate surface area is 158 Å². The lowest BCUT2D eigenvalue weighted by Gasteiger charge is -2.16. The SMILES string of the molecule is O=C(NCCC1=CCCCC1)c1nc(-c2ccnc(N3CCCC3)c2)no1. The molecule has 1 N–H and O–H groups in total. The van der Waals surface area contributed by atoms with Crippen LogP contribution in [0.25, 0.3) is 11.4 Å². The number of anilines is 1. The summed E-state index contributed by atoms with van der Waals surface area (Å²) in [6, 6.07) is 3.79. The van der Waals surface area contributed by atoms with Gasteiger partial charge in [-0.05, 0) is 57.1 Å². The molecule has 1 fully saturated rings. The predicted octanol–water partition coefficient (Wildman–Crippen LogP) is 3.35. The Morgan fingerprint density at radius 1 is 1.22 bits per heavy atom. The van der Waals surface area contributed by atoms with Crippen molar-refractivity contribution in [1.29, 1.82) is 0 Å². The van der Waals surface area contributed by atoms with Crippen LogP contribution in [0, 0.1) is 0 Å². The lowest BCUT2D eigenvalue weighted by atomic mass is 9.97. The van der Waals surface area contributed by atoms with Crippen LogP contribution in [-0.2, 0) is 0 Å². The van der Waals surface area contributed by atoms with Crippen LogP contribution in [0.2, 0.25) is 0 Å². The lowest BCUT2D eigenvalue weighted by Crippen LogP contribution is -2.25. The van der Waals surface area contributed by atoms with Crippen LogP contribution < -0.4 is 10.2 Å². The van der Waals surface area contributed by atoms with Gasteiger partial charge >= 0.3 is 11.8 Å². The first-order valence-corrected chi connectivity index (χ1v) is 9.81. The van der Waals surface area contributed by atoms with Crippen molar-refractivity contribution in [3.05, 3.63) is 35.9 Å². The summed E-state index contributed by atoms with van der Waals surface area (Å²) in [6.07, 6.45) is 12.1. The minimum absolute atomic E-state index is 0.00200. The van der Waals surface area contributed by atoms with Gasteiger partial charge in [0.15, 0.2) is 0 Å². The molecule has 3 heterocycles. The number of aromatic nitrogens is 3. The fraction of sp³-hybridized carbons (Fsp3) is 0.500. The van der Waals surface area contributed by atoms with Crippen molar-refractivity contribution < 1.29 is 9.32 Å². The highest BCUT2D eigenvalue weighted by Crippen LogP contribution is 2.23. The maximum atomic E-state index is 12.3. The van der Waals surface area contributed by atoms with E-state index < -0.39 is 0 Å². The van der Waals surface area contributed by atoms with Crippen molar-refractivity contribution in [2.24, 2.45) is 0 Å². The molecule has 7 nitrogen and oxygen atoms in total. The van der Waals surface area contributed by atoms with Gasteiger partial charge in [-0.2, -0.15) is 4.98 Å². The summed E-state index contributed by atoms with van der Waals surface area (Å²) in [5, 5.41) is 6.84. The van der Waals surface area contributed by atoms with Crippen LogP contribution >= 0.6 is 0 Å². The second kappa shape index (κ2) is 8.33. The number of hydrogen-bond acceptors (Lipinski definition) is 6. The molecule has 27 heavy (non-hydrogen) atoms. The third-order valence-electron chi connectivity index (χ3n) is 5.17. The van der Waals surface area contributed by atoms with Gasteiger partial charge in [-0.25, -0.2) is 4.98 Å². The molecule has 0 atom stereocenters. The van der Waals surface area contributed by atoms with Crippen molar-refractivity contribution in [3.8, 4) is 11.4 Å². The van der Waals surface area contributed by atoms with Crippen LogP contribution in [-0.4, -0.2) is 40.7 Å². The molecule has 2 aliphatic rings. The molecule has 7 heteroatoms. The normalized spacial score (nSPS) is 17.0. The largest absolute Gasteiger partial charge is 0.357 e. The molecule has 0 radical (unpaired) electrons. The smallest absolute Gasteiger partial charge is 0.316 e. The van der Waals surface area contributed by atoms with E-state index in [0.29, 0.717) is 12.4 Å². The molecule has 0 bridgehead atoms. The highest BCUT2D eigenvalue weighted by Gasteiger charge is 2.18. The first kappa shape index (κ1) is 17.7. The second-order valence-corrected chi connectivity index (χ2v) is 7.13. The van der Waals surface area contributed by atoms with Gasteiger partial charge in [-0.15, -0.1) is 0 Å². The van der Waals surface area contributed by atoms with Crippen LogP contribution in [0.4, 0.5) is 5.82 Å². The zero-order valence-electron chi connectivity index (χ0n) is 15.5. The van der Waals surface area contributed by atoms with Crippen molar-refractivity contribution in [2.75, 3.05) is 24.5 Å². The highest BCUT2D eigenvalue weighted by atomic mass is 16.5. The Kier molecular flexibility index (Phi) is 5.46. The molecule has 2 aromatic heterocycles. The van der Waals surface area contributed by atoms with Crippen LogP contribution in [0.3, 0.4) is 0 Å². The summed E-state index contributed by atoms with van der Waals surface area (Å²) in [5.74, 6) is 1.01. The molecule has 1 amide bonds. The van der Waals surface area contributed by atoms with Crippen LogP contribution in [0.15, 0.2) is 34.5 Å². The third kappa shape index (κ3) is 4.35. The average molecular weight is 367 g/mol. The molecule has 4 rings (SSSR count). The number of nitrogens with one attached hydrogen (secondary N) is 1. The molecule has 0 aromatic carbocycles. The van der Waals surface area contributed by atoms with Gasteiger partial charge in [0, 0.05) is 31.4 Å². The summed E-state index contributed by atoms with van der Waals surface area (Å²) >= 11 is 0. The molecule has 0 spiro atoms. The number of rotatable bonds is 6. The van der Waals surface area contributed by atoms with E-state index in [0.717, 1.165) is 43.7 Å². The minimum atomic E-state index is -0.320. The number of carbonyl (C=O) groups excluding carboxylic acids is 1. The number of carbonyl (C=O) groups is 1. The number of hydrogen-bond donors (Lipinski definition) is 1. The molecule has 1 aliphatic carbocycles. The van der Waals surface area contributed by atoms with Gasteiger partial charge < -0.3 is 14.7 Å². The van der Waals surface area contributed by atoms with E-state index in [1.54, 1.807) is 6.20 Å². The Morgan fingerprint density at radius 2 is 2.11 bits per heavy atom. The van der Waals surface area contributed by atoms with Crippen molar-refractivity contribution in [2.45, 2.75) is 44.9 Å². The first-order chi connectivity index (χ1) is 13.3. The molecular formula is C20H25N5O2. The van der Waals surface area contributed by atoms with Gasteiger partial charge in [0.25, 0.3) is 0 Å². The number of nitrogens with zero attached hydrogens (tertiary/aromatic N) is 4. The fourth-order valence-electron chi connectivity index (χ4n) is 3.65. The van der Waals surface area contributed by atoms with Crippen molar-refractivity contribution >= 4 is 11.7 Å². The third-order valence-corrected chi connectivity index (χ3v) is 5.17. The first-order valence-electron chi connectivity index (χ1n) is 9.81. The van der Waals surface area contributed by atoms with Gasteiger partial charge in [0.2, 0.25) is 5.82 Å². The summed E-state index contributed by atoms with van der Waals surface area (Å²) in [6.45, 7) is 2.64. The topological polar surface area (TPSA) is 84.2 Å². The van der Waals surface area contributed by atoms with Crippen molar-refractivity contribution in [3.63, 3.8) is 0 Å². The predicted molar refractivity (Wildman–Crippen MR) is 102 cm³/mol.